The van der Waals surface area contributed by atoms with Crippen LogP contribution in [0.1, 0.15) is 11.1 Å². The minimum atomic E-state index is -3.65. The standard InChI is InChI=1S/C20H25N5O2S.HI/c1-22-20(23-12-10-15-6-8-17(9-7-15)28(21,26)27)24-13-11-16-14-25-19-5-3-2-4-18(16)19;/h2-9,14,25H,10-13H2,1H3,(H2,21,26,27)(H2,22,23,24);1H. The first-order valence-corrected chi connectivity index (χ1v) is 10.6. The first-order chi connectivity index (χ1) is 13.5. The number of aromatic amines is 1. The van der Waals surface area contributed by atoms with Crippen LogP contribution >= 0.6 is 24.0 Å². The number of fused-ring (bicyclic) bond motifs is 1. The Labute approximate surface area is 188 Å². The highest BCUT2D eigenvalue weighted by atomic mass is 127. The lowest BCUT2D eigenvalue weighted by Crippen LogP contribution is -2.39. The van der Waals surface area contributed by atoms with Crippen LogP contribution in [0.15, 0.2) is 64.6 Å². The molecule has 0 unspecified atom stereocenters. The molecule has 0 saturated carbocycles. The largest absolute Gasteiger partial charge is 0.361 e. The minimum absolute atomic E-state index is 0. The van der Waals surface area contributed by atoms with Crippen LogP contribution in [0.2, 0.25) is 0 Å². The lowest BCUT2D eigenvalue weighted by molar-refractivity contribution is 0.598. The summed E-state index contributed by atoms with van der Waals surface area (Å²) in [6, 6.07) is 14.9. The monoisotopic (exact) mass is 527 g/mol. The maximum absolute atomic E-state index is 11.3. The van der Waals surface area contributed by atoms with Gasteiger partial charge in [-0.1, -0.05) is 30.3 Å². The lowest BCUT2D eigenvalue weighted by Gasteiger charge is -2.12. The number of nitrogens with zero attached hydrogens (tertiary/aromatic N) is 1. The van der Waals surface area contributed by atoms with E-state index in [-0.39, 0.29) is 28.9 Å². The molecule has 156 valence electrons. The normalized spacial score (nSPS) is 11.9. The molecule has 0 aliphatic heterocycles. The van der Waals surface area contributed by atoms with E-state index in [0.29, 0.717) is 6.54 Å². The van der Waals surface area contributed by atoms with Crippen LogP contribution in [0.5, 0.6) is 0 Å². The number of nitrogens with two attached hydrogens (primary N) is 1. The topological polar surface area (TPSA) is 112 Å². The minimum Gasteiger partial charge on any atom is -0.361 e. The van der Waals surface area contributed by atoms with Crippen LogP contribution in [-0.4, -0.2) is 39.5 Å². The number of H-pyrrole nitrogens is 1. The van der Waals surface area contributed by atoms with Crippen molar-refractivity contribution in [2.45, 2.75) is 17.7 Å². The van der Waals surface area contributed by atoms with Gasteiger partial charge in [-0.05, 0) is 42.2 Å². The molecule has 29 heavy (non-hydrogen) atoms. The predicted molar refractivity (Wildman–Crippen MR) is 128 cm³/mol. The molecule has 1 aromatic heterocycles. The summed E-state index contributed by atoms with van der Waals surface area (Å²) in [4.78, 5) is 7.65. The Morgan fingerprint density at radius 1 is 1.03 bits per heavy atom. The number of primary sulfonamides is 1. The quantitative estimate of drug-likeness (QED) is 0.215. The van der Waals surface area contributed by atoms with Crippen LogP contribution in [0.3, 0.4) is 0 Å². The van der Waals surface area contributed by atoms with Gasteiger partial charge in [0.2, 0.25) is 10.0 Å². The van der Waals surface area contributed by atoms with Crippen molar-refractivity contribution in [1.82, 2.24) is 15.6 Å². The summed E-state index contributed by atoms with van der Waals surface area (Å²) in [5.74, 6) is 0.737. The summed E-state index contributed by atoms with van der Waals surface area (Å²) in [7, 11) is -1.91. The molecule has 9 heteroatoms. The number of aromatic nitrogens is 1. The number of rotatable bonds is 7. The Bertz CT molecular complexity index is 1060. The number of guanidine groups is 1. The number of aliphatic imine (C=N–C) groups is 1. The van der Waals surface area contributed by atoms with Crippen LogP contribution in [0.4, 0.5) is 0 Å². The van der Waals surface area contributed by atoms with Gasteiger partial charge in [-0.2, -0.15) is 0 Å². The zero-order valence-corrected chi connectivity index (χ0v) is 19.3. The van der Waals surface area contributed by atoms with E-state index < -0.39 is 10.0 Å². The summed E-state index contributed by atoms with van der Waals surface area (Å²) in [5, 5.41) is 12.9. The number of hydrogen-bond acceptors (Lipinski definition) is 3. The van der Waals surface area contributed by atoms with Gasteiger partial charge in [-0.3, -0.25) is 4.99 Å². The van der Waals surface area contributed by atoms with Crippen molar-refractivity contribution in [3.05, 3.63) is 65.9 Å². The van der Waals surface area contributed by atoms with Crippen molar-refractivity contribution >= 4 is 50.9 Å². The summed E-state index contributed by atoms with van der Waals surface area (Å²) in [6.45, 7) is 1.45. The highest BCUT2D eigenvalue weighted by molar-refractivity contribution is 14.0. The van der Waals surface area contributed by atoms with E-state index in [1.807, 2.05) is 18.3 Å². The van der Waals surface area contributed by atoms with Gasteiger partial charge in [-0.25, -0.2) is 13.6 Å². The second-order valence-corrected chi connectivity index (χ2v) is 8.04. The molecule has 0 saturated heterocycles. The Hall–Kier alpha value is -2.11. The molecular weight excluding hydrogens is 501 g/mol. The molecular formula is C20H26IN5O2S. The van der Waals surface area contributed by atoms with Gasteiger partial charge in [0, 0.05) is 37.2 Å². The fraction of sp³-hybridized carbons (Fsp3) is 0.250. The molecule has 3 aromatic rings. The molecule has 7 nitrogen and oxygen atoms in total. The molecule has 0 fully saturated rings. The molecule has 5 N–H and O–H groups in total. The molecule has 0 bridgehead atoms. The van der Waals surface area contributed by atoms with E-state index in [9.17, 15) is 8.42 Å². The molecule has 2 aromatic carbocycles. The highest BCUT2D eigenvalue weighted by Crippen LogP contribution is 2.17. The highest BCUT2D eigenvalue weighted by Gasteiger charge is 2.07. The number of para-hydroxylation sites is 1. The van der Waals surface area contributed by atoms with Crippen LogP contribution < -0.4 is 15.8 Å². The Morgan fingerprint density at radius 2 is 1.69 bits per heavy atom. The van der Waals surface area contributed by atoms with E-state index in [1.54, 1.807) is 19.2 Å². The average molecular weight is 527 g/mol. The van der Waals surface area contributed by atoms with Crippen molar-refractivity contribution in [2.75, 3.05) is 20.1 Å². The molecule has 0 aliphatic carbocycles. The van der Waals surface area contributed by atoms with Crippen molar-refractivity contribution in [1.29, 1.82) is 0 Å². The van der Waals surface area contributed by atoms with E-state index in [0.717, 1.165) is 36.4 Å². The van der Waals surface area contributed by atoms with Gasteiger partial charge in [0.25, 0.3) is 0 Å². The Kier molecular flexibility index (Phi) is 8.47. The van der Waals surface area contributed by atoms with Crippen LogP contribution in [-0.2, 0) is 22.9 Å². The van der Waals surface area contributed by atoms with Crippen LogP contribution in [0.25, 0.3) is 10.9 Å². The summed E-state index contributed by atoms with van der Waals surface area (Å²) >= 11 is 0. The third-order valence-corrected chi connectivity index (χ3v) is 5.47. The van der Waals surface area contributed by atoms with Gasteiger partial charge in [-0.15, -0.1) is 24.0 Å². The van der Waals surface area contributed by atoms with E-state index in [2.05, 4.69) is 32.7 Å². The van der Waals surface area contributed by atoms with E-state index in [1.165, 1.54) is 23.1 Å². The second kappa shape index (κ2) is 10.6. The lowest BCUT2D eigenvalue weighted by atomic mass is 10.1. The second-order valence-electron chi connectivity index (χ2n) is 6.47. The Balaban J connectivity index is 0.00000300. The Morgan fingerprint density at radius 3 is 2.34 bits per heavy atom. The maximum Gasteiger partial charge on any atom is 0.238 e. The van der Waals surface area contributed by atoms with Gasteiger partial charge in [0.15, 0.2) is 5.96 Å². The first kappa shape index (κ1) is 23.2. The smallest absolute Gasteiger partial charge is 0.238 e. The zero-order chi connectivity index (χ0) is 20.0. The number of benzene rings is 2. The van der Waals surface area contributed by atoms with E-state index >= 15 is 0 Å². The van der Waals surface area contributed by atoms with Crippen molar-refractivity contribution < 1.29 is 8.42 Å². The number of halogens is 1. The van der Waals surface area contributed by atoms with E-state index in [4.69, 9.17) is 5.14 Å². The molecule has 0 amide bonds. The molecule has 0 aliphatic rings. The van der Waals surface area contributed by atoms with Gasteiger partial charge in [0.05, 0.1) is 4.90 Å². The number of hydrogen-bond donors (Lipinski definition) is 4. The third kappa shape index (κ3) is 6.44. The van der Waals surface area contributed by atoms with Crippen molar-refractivity contribution in [3.63, 3.8) is 0 Å². The fourth-order valence-corrected chi connectivity index (χ4v) is 3.56. The van der Waals surface area contributed by atoms with Gasteiger partial charge < -0.3 is 15.6 Å². The molecule has 0 spiro atoms. The van der Waals surface area contributed by atoms with Crippen LogP contribution in [0, 0.1) is 0 Å². The zero-order valence-electron chi connectivity index (χ0n) is 16.2. The molecule has 3 rings (SSSR count). The predicted octanol–water partition coefficient (Wildman–Crippen LogP) is 2.38. The SMILES string of the molecule is CN=C(NCCc1ccc(S(N)(=O)=O)cc1)NCCc1c[nH]c2ccccc12.I. The number of sulfonamides is 1. The van der Waals surface area contributed by atoms with Crippen molar-refractivity contribution in [3.8, 4) is 0 Å². The molecule has 0 atom stereocenters. The van der Waals surface area contributed by atoms with Gasteiger partial charge >= 0.3 is 0 Å². The average Bonchev–Trinajstić information content (AvgIpc) is 3.10. The fourth-order valence-electron chi connectivity index (χ4n) is 3.05. The summed E-state index contributed by atoms with van der Waals surface area (Å²) in [6.07, 6.45) is 3.68. The molecule has 0 radical (unpaired) electrons. The first-order valence-electron chi connectivity index (χ1n) is 9.08. The summed E-state index contributed by atoms with van der Waals surface area (Å²) in [5.41, 5.74) is 3.44. The third-order valence-electron chi connectivity index (χ3n) is 4.54. The van der Waals surface area contributed by atoms with Crippen molar-refractivity contribution in [2.24, 2.45) is 10.1 Å². The van der Waals surface area contributed by atoms with Gasteiger partial charge in [0.1, 0.15) is 0 Å². The number of nitrogens with one attached hydrogen (secondary N) is 3. The maximum atomic E-state index is 11.3. The summed E-state index contributed by atoms with van der Waals surface area (Å²) < 4.78 is 22.6. The molecule has 1 heterocycles.